The van der Waals surface area contributed by atoms with Crippen LogP contribution in [0.25, 0.3) is 22.1 Å². The molecule has 8 rings (SSSR count). The number of nitrogens with two attached hydrogens (primary N) is 1. The molecule has 2 aliphatic heterocycles. The van der Waals surface area contributed by atoms with Gasteiger partial charge in [-0.25, -0.2) is 18.4 Å². The third-order valence-electron chi connectivity index (χ3n) is 11.4. The van der Waals surface area contributed by atoms with E-state index in [0.29, 0.717) is 108 Å². The molecule has 6 heterocycles. The van der Waals surface area contributed by atoms with Crippen molar-refractivity contribution in [1.82, 2.24) is 48.9 Å². The van der Waals surface area contributed by atoms with Gasteiger partial charge in [-0.2, -0.15) is 10.2 Å². The fourth-order valence-electron chi connectivity index (χ4n) is 8.13. The zero-order chi connectivity index (χ0) is 46.7. The van der Waals surface area contributed by atoms with Crippen LogP contribution in [0.15, 0.2) is 48.6 Å². The smallest absolute Gasteiger partial charge is 0.276 e. The Bertz CT molecular complexity index is 2990. The number of benzene rings is 2. The largest absolute Gasteiger partial charge is 0.491 e. The lowest BCUT2D eigenvalue weighted by atomic mass is 10.1. The maximum atomic E-state index is 13.9. The van der Waals surface area contributed by atoms with Gasteiger partial charge in [0.2, 0.25) is 17.8 Å². The molecule has 0 unspecified atom stereocenters. The van der Waals surface area contributed by atoms with Gasteiger partial charge in [-0.3, -0.25) is 39.2 Å². The predicted octanol–water partition coefficient (Wildman–Crippen LogP) is 3.31. The van der Waals surface area contributed by atoms with E-state index in [1.165, 1.54) is 0 Å². The van der Waals surface area contributed by atoms with Gasteiger partial charge in [0.25, 0.3) is 17.7 Å². The minimum absolute atomic E-state index is 0.131. The molecule has 0 saturated carbocycles. The predicted molar refractivity (Wildman–Crippen MR) is 246 cm³/mol. The summed E-state index contributed by atoms with van der Waals surface area (Å²) in [4.78, 5) is 65.5. The Hall–Kier alpha value is -7.07. The van der Waals surface area contributed by atoms with Gasteiger partial charge in [0.15, 0.2) is 9.84 Å². The van der Waals surface area contributed by atoms with Crippen LogP contribution in [-0.4, -0.2) is 127 Å². The number of nitrogens with zero attached hydrogens (tertiary/aromatic N) is 9. The number of anilines is 2. The summed E-state index contributed by atoms with van der Waals surface area (Å²) in [6, 6.07) is 9.79. The molecule has 5 N–H and O–H groups in total. The standard InChI is InChI=1S/C44H53N13O8S/c1-5-56-33(21-27(3)51-56)41(60)49-43-47-31-23-29(39(45)58)25-35-37(31)54(43)13-7-8-14-55-38-32(48-44(55)50-42(61)34-22-28(4)52-57(34)6-2)24-30(26-36(38)65-18-10-17-64-35)40(59)46-11-9-12-53-15-19-66(62,63)20-16-53/h7-8,21-26H,5-6,9-20H2,1-4H3,(H2,45,58)(H,46,59)(H,47,49,60)(H,48,50,61)/b8-7+. The van der Waals surface area contributed by atoms with Crippen molar-refractivity contribution in [3.05, 3.63) is 82.5 Å². The van der Waals surface area contributed by atoms with Crippen LogP contribution >= 0.6 is 0 Å². The number of aryl methyl sites for hydroxylation is 4. The van der Waals surface area contributed by atoms with Crippen LogP contribution < -0.4 is 31.2 Å². The van der Waals surface area contributed by atoms with Gasteiger partial charge in [0, 0.05) is 63.4 Å². The highest BCUT2D eigenvalue weighted by atomic mass is 32.2. The highest BCUT2D eigenvalue weighted by molar-refractivity contribution is 7.91. The van der Waals surface area contributed by atoms with Gasteiger partial charge in [0.1, 0.15) is 33.9 Å². The van der Waals surface area contributed by atoms with Crippen LogP contribution in [0.2, 0.25) is 0 Å². The fourth-order valence-corrected chi connectivity index (χ4v) is 9.41. The van der Waals surface area contributed by atoms with Crippen molar-refractivity contribution in [2.45, 2.75) is 66.7 Å². The second-order valence-electron chi connectivity index (χ2n) is 16.1. The first kappa shape index (κ1) is 45.5. The molecule has 0 atom stereocenters. The lowest BCUT2D eigenvalue weighted by Crippen LogP contribution is -2.41. The molecule has 348 valence electrons. The number of imidazole rings is 2. The molecule has 0 radical (unpaired) electrons. The molecule has 21 nitrogen and oxygen atoms in total. The Morgan fingerprint density at radius 3 is 1.71 bits per heavy atom. The van der Waals surface area contributed by atoms with Gasteiger partial charge in [0.05, 0.1) is 47.1 Å². The number of allylic oxidation sites excluding steroid dienone is 2. The van der Waals surface area contributed by atoms with E-state index >= 15 is 0 Å². The van der Waals surface area contributed by atoms with E-state index in [0.717, 1.165) is 0 Å². The number of rotatable bonds is 12. The van der Waals surface area contributed by atoms with E-state index in [1.807, 2.05) is 32.9 Å². The third kappa shape index (κ3) is 9.78. The minimum atomic E-state index is -3.00. The zero-order valence-electron chi connectivity index (χ0n) is 37.3. The first-order chi connectivity index (χ1) is 31.7. The number of hydrogen-bond donors (Lipinski definition) is 4. The van der Waals surface area contributed by atoms with Crippen LogP contribution in [0.1, 0.15) is 79.8 Å². The number of aromatic nitrogens is 8. The topological polar surface area (TPSA) is 258 Å². The minimum Gasteiger partial charge on any atom is -0.491 e. The molecule has 0 bridgehead atoms. The number of sulfone groups is 1. The van der Waals surface area contributed by atoms with Crippen LogP contribution in [-0.2, 0) is 36.0 Å². The molecule has 0 aliphatic carbocycles. The van der Waals surface area contributed by atoms with Crippen LogP contribution in [0.3, 0.4) is 0 Å². The van der Waals surface area contributed by atoms with Gasteiger partial charge < -0.3 is 34.6 Å². The molecule has 2 aliphatic rings. The highest BCUT2D eigenvalue weighted by Gasteiger charge is 2.25. The summed E-state index contributed by atoms with van der Waals surface area (Å²) in [6.07, 6.45) is 4.70. The van der Waals surface area contributed by atoms with E-state index in [1.54, 1.807) is 61.8 Å². The fraction of sp³-hybridized carbons (Fsp3) is 0.409. The summed E-state index contributed by atoms with van der Waals surface area (Å²) in [5, 5.41) is 17.7. The van der Waals surface area contributed by atoms with Gasteiger partial charge in [-0.15, -0.1) is 0 Å². The number of amides is 4. The van der Waals surface area contributed by atoms with E-state index in [2.05, 4.69) is 31.0 Å². The summed E-state index contributed by atoms with van der Waals surface area (Å²) in [5.74, 6) is -0.577. The molecule has 4 aromatic heterocycles. The van der Waals surface area contributed by atoms with Gasteiger partial charge >= 0.3 is 0 Å². The van der Waals surface area contributed by atoms with Crippen LogP contribution in [0.5, 0.6) is 11.5 Å². The monoisotopic (exact) mass is 923 g/mol. The Balaban J connectivity index is 1.14. The summed E-state index contributed by atoms with van der Waals surface area (Å²) in [5.41, 5.74) is 10.1. The molecule has 4 amide bonds. The van der Waals surface area contributed by atoms with Crippen molar-refractivity contribution in [3.8, 4) is 11.5 Å². The van der Waals surface area contributed by atoms with Crippen molar-refractivity contribution in [2.75, 3.05) is 61.5 Å². The average molecular weight is 924 g/mol. The molecule has 66 heavy (non-hydrogen) atoms. The van der Waals surface area contributed by atoms with E-state index < -0.39 is 27.6 Å². The number of carbonyl (C=O) groups is 4. The van der Waals surface area contributed by atoms with Gasteiger partial charge in [-0.1, -0.05) is 12.2 Å². The second-order valence-corrected chi connectivity index (χ2v) is 18.5. The number of primary amides is 1. The lowest BCUT2D eigenvalue weighted by molar-refractivity contribution is 0.0948. The third-order valence-corrected chi connectivity index (χ3v) is 13.0. The summed E-state index contributed by atoms with van der Waals surface area (Å²) in [7, 11) is -3.00. The second kappa shape index (κ2) is 19.2. The number of ether oxygens (including phenoxy) is 2. The summed E-state index contributed by atoms with van der Waals surface area (Å²) < 4.78 is 43.3. The highest BCUT2D eigenvalue weighted by Crippen LogP contribution is 2.34. The Morgan fingerprint density at radius 2 is 1.21 bits per heavy atom. The molecule has 0 spiro atoms. The zero-order valence-corrected chi connectivity index (χ0v) is 38.1. The first-order valence-corrected chi connectivity index (χ1v) is 23.8. The number of hydrogen-bond acceptors (Lipinski definition) is 13. The van der Waals surface area contributed by atoms with Crippen LogP contribution in [0, 0.1) is 13.8 Å². The molecule has 22 heteroatoms. The summed E-state index contributed by atoms with van der Waals surface area (Å²) in [6.45, 7) is 10.9. The number of nitrogens with one attached hydrogen (secondary N) is 3. The number of carbonyl (C=O) groups excluding carboxylic acids is 4. The van der Waals surface area contributed by atoms with Crippen molar-refractivity contribution >= 4 is 67.4 Å². The average Bonchev–Trinajstić information content (AvgIpc) is 4.05. The quantitative estimate of drug-likeness (QED) is 0.102. The molecule has 1 fully saturated rings. The maximum Gasteiger partial charge on any atom is 0.276 e. The molecule has 2 aromatic carbocycles. The Labute approximate surface area is 380 Å². The van der Waals surface area contributed by atoms with Crippen molar-refractivity contribution in [1.29, 1.82) is 0 Å². The van der Waals surface area contributed by atoms with Crippen molar-refractivity contribution in [2.24, 2.45) is 5.73 Å². The molecular formula is C44H53N13O8S. The maximum absolute atomic E-state index is 13.9. The van der Waals surface area contributed by atoms with Crippen molar-refractivity contribution < 1.29 is 37.1 Å². The molecule has 6 aromatic rings. The van der Waals surface area contributed by atoms with E-state index in [9.17, 15) is 27.6 Å². The summed E-state index contributed by atoms with van der Waals surface area (Å²) >= 11 is 0. The Morgan fingerprint density at radius 1 is 0.712 bits per heavy atom. The van der Waals surface area contributed by atoms with E-state index in [-0.39, 0.29) is 66.7 Å². The normalized spacial score (nSPS) is 15.9. The lowest BCUT2D eigenvalue weighted by Gasteiger charge is -2.26. The Kier molecular flexibility index (Phi) is 13.2. The first-order valence-electron chi connectivity index (χ1n) is 21.9. The van der Waals surface area contributed by atoms with E-state index in [4.69, 9.17) is 25.2 Å². The van der Waals surface area contributed by atoms with Gasteiger partial charge in [-0.05, 0) is 77.1 Å². The van der Waals surface area contributed by atoms with Crippen molar-refractivity contribution in [3.63, 3.8) is 0 Å². The van der Waals surface area contributed by atoms with Crippen LogP contribution in [0.4, 0.5) is 11.9 Å². The SMILES string of the molecule is CCn1nc(C)cc1C(=O)Nc1nc2cc(C(N)=O)cc3c2n1C/C=C/Cn1c(NC(=O)c2cc(C)nn2CC)nc2cc(C(=O)NCCCN4CCS(=O)(=O)CC4)cc(c21)OCCCO3. The molecule has 1 saturated heterocycles. The molecular weight excluding hydrogens is 871 g/mol.